The van der Waals surface area contributed by atoms with Crippen molar-refractivity contribution in [2.45, 2.75) is 26.4 Å². The van der Waals surface area contributed by atoms with E-state index in [-0.39, 0.29) is 22.9 Å². The molecule has 174 valence electrons. The van der Waals surface area contributed by atoms with Gasteiger partial charge < -0.3 is 14.7 Å². The summed E-state index contributed by atoms with van der Waals surface area (Å²) in [5, 5.41) is 11.9. The fraction of sp³-hybridized carbons (Fsp3) is 0.192. The number of aliphatic hydroxyl groups excluding tert-OH is 1. The zero-order chi connectivity index (χ0) is 24.4. The molecule has 2 aromatic carbocycles. The smallest absolute Gasteiger partial charge is 0.295 e. The van der Waals surface area contributed by atoms with E-state index in [4.69, 9.17) is 27.9 Å². The largest absolute Gasteiger partial charge is 0.507 e. The monoisotopic (exact) mass is 496 g/mol. The van der Waals surface area contributed by atoms with Crippen molar-refractivity contribution in [3.05, 3.63) is 98.8 Å². The molecule has 8 heteroatoms. The van der Waals surface area contributed by atoms with Gasteiger partial charge in [0.2, 0.25) is 0 Å². The van der Waals surface area contributed by atoms with E-state index in [1.807, 2.05) is 19.9 Å². The summed E-state index contributed by atoms with van der Waals surface area (Å²) in [6.07, 6.45) is 3.25. The molecule has 1 aliphatic heterocycles. The number of hydrogen-bond donors (Lipinski definition) is 1. The van der Waals surface area contributed by atoms with E-state index < -0.39 is 17.7 Å². The lowest BCUT2D eigenvalue weighted by Gasteiger charge is -2.25. The molecule has 6 nitrogen and oxygen atoms in total. The van der Waals surface area contributed by atoms with E-state index in [2.05, 4.69) is 4.98 Å². The number of ether oxygens (including phenoxy) is 1. The number of rotatable bonds is 6. The summed E-state index contributed by atoms with van der Waals surface area (Å²) >= 11 is 12.4. The van der Waals surface area contributed by atoms with Crippen molar-refractivity contribution in [3.63, 3.8) is 0 Å². The number of halogens is 2. The molecule has 4 rings (SSSR count). The number of likely N-dealkylation sites (tertiary alicyclic amines) is 1. The second-order valence-corrected chi connectivity index (χ2v) is 8.69. The number of ketones is 1. The lowest BCUT2D eigenvalue weighted by molar-refractivity contribution is -0.140. The fourth-order valence-electron chi connectivity index (χ4n) is 4.03. The number of amides is 1. The summed E-state index contributed by atoms with van der Waals surface area (Å²) in [6.45, 7) is 4.36. The molecule has 0 bridgehead atoms. The molecule has 0 saturated carbocycles. The van der Waals surface area contributed by atoms with Crippen molar-refractivity contribution in [2.24, 2.45) is 0 Å². The summed E-state index contributed by atoms with van der Waals surface area (Å²) in [5.41, 5.74) is 2.48. The number of aryl methyl sites for hydroxylation is 1. The van der Waals surface area contributed by atoms with Gasteiger partial charge in [-0.05, 0) is 66.9 Å². The first kappa shape index (κ1) is 23.8. The third kappa shape index (κ3) is 4.52. The molecule has 1 atom stereocenters. The summed E-state index contributed by atoms with van der Waals surface area (Å²) in [4.78, 5) is 31.8. The third-order valence-corrected chi connectivity index (χ3v) is 6.36. The van der Waals surface area contributed by atoms with Gasteiger partial charge in [0.05, 0.1) is 28.3 Å². The Kier molecular flexibility index (Phi) is 6.91. The van der Waals surface area contributed by atoms with E-state index in [9.17, 15) is 14.7 Å². The number of aliphatic hydroxyl groups is 1. The SMILES string of the molecule is CCOc1ccc(C(O)=C2C(=O)C(=O)N(Cc3cccnc3)[C@@H]2c2ccc(Cl)c(Cl)c2)cc1C. The highest BCUT2D eigenvalue weighted by Crippen LogP contribution is 2.42. The maximum atomic E-state index is 13.2. The van der Waals surface area contributed by atoms with Crippen LogP contribution in [-0.2, 0) is 16.1 Å². The van der Waals surface area contributed by atoms with Gasteiger partial charge in [-0.3, -0.25) is 14.6 Å². The number of nitrogens with zero attached hydrogens (tertiary/aromatic N) is 2. The Morgan fingerprint density at radius 1 is 1.12 bits per heavy atom. The predicted molar refractivity (Wildman–Crippen MR) is 131 cm³/mol. The normalized spacial score (nSPS) is 17.3. The van der Waals surface area contributed by atoms with Crippen LogP contribution in [0.4, 0.5) is 0 Å². The Hall–Kier alpha value is -3.35. The van der Waals surface area contributed by atoms with Crippen LogP contribution in [0.2, 0.25) is 10.0 Å². The fourth-order valence-corrected chi connectivity index (χ4v) is 4.34. The van der Waals surface area contributed by atoms with Crippen molar-refractivity contribution in [2.75, 3.05) is 6.61 Å². The molecule has 1 aromatic heterocycles. The van der Waals surface area contributed by atoms with Gasteiger partial charge in [0.1, 0.15) is 11.5 Å². The molecule has 1 fully saturated rings. The molecule has 1 amide bonds. The molecule has 1 saturated heterocycles. The summed E-state index contributed by atoms with van der Waals surface area (Å²) in [6, 6.07) is 12.7. The van der Waals surface area contributed by atoms with Gasteiger partial charge in [0, 0.05) is 24.5 Å². The molecule has 2 heterocycles. The molecule has 3 aromatic rings. The molecule has 1 N–H and O–H groups in total. The zero-order valence-electron chi connectivity index (χ0n) is 18.6. The minimum absolute atomic E-state index is 0.0177. The van der Waals surface area contributed by atoms with Gasteiger partial charge in [0.25, 0.3) is 11.7 Å². The Balaban J connectivity index is 1.86. The second kappa shape index (κ2) is 9.87. The Bertz CT molecular complexity index is 1290. The summed E-state index contributed by atoms with van der Waals surface area (Å²) in [7, 11) is 0. The topological polar surface area (TPSA) is 79.7 Å². The molecule has 0 radical (unpaired) electrons. The van der Waals surface area contributed by atoms with Crippen LogP contribution in [0.3, 0.4) is 0 Å². The van der Waals surface area contributed by atoms with Crippen molar-refractivity contribution in [3.8, 4) is 5.75 Å². The molecule has 34 heavy (non-hydrogen) atoms. The Morgan fingerprint density at radius 3 is 2.56 bits per heavy atom. The number of hydrogen-bond acceptors (Lipinski definition) is 5. The van der Waals surface area contributed by atoms with Crippen molar-refractivity contribution in [1.82, 2.24) is 9.88 Å². The van der Waals surface area contributed by atoms with Gasteiger partial charge in [-0.15, -0.1) is 0 Å². The zero-order valence-corrected chi connectivity index (χ0v) is 20.1. The standard InChI is InChI=1S/C26H22Cl2N2O4/c1-3-34-21-9-7-18(11-15(21)2)24(31)22-23(17-6-8-19(27)20(28)12-17)30(26(33)25(22)32)14-16-5-4-10-29-13-16/h4-13,23,31H,3,14H2,1-2H3/t23-/m1/s1. The minimum Gasteiger partial charge on any atom is -0.507 e. The number of pyridine rings is 1. The average Bonchev–Trinajstić information content (AvgIpc) is 3.07. The third-order valence-electron chi connectivity index (χ3n) is 5.62. The number of carbonyl (C=O) groups excluding carboxylic acids is 2. The molecule has 0 unspecified atom stereocenters. The van der Waals surface area contributed by atoms with E-state index in [0.717, 1.165) is 11.1 Å². The van der Waals surface area contributed by atoms with Crippen LogP contribution in [0, 0.1) is 6.92 Å². The summed E-state index contributed by atoms with van der Waals surface area (Å²) < 4.78 is 5.57. The van der Waals surface area contributed by atoms with Crippen LogP contribution in [0.1, 0.15) is 35.2 Å². The molecule has 0 aliphatic carbocycles. The number of benzene rings is 2. The van der Waals surface area contributed by atoms with E-state index >= 15 is 0 Å². The van der Waals surface area contributed by atoms with Gasteiger partial charge in [0.15, 0.2) is 0 Å². The van der Waals surface area contributed by atoms with Crippen LogP contribution < -0.4 is 4.74 Å². The molecular formula is C26H22Cl2N2O4. The van der Waals surface area contributed by atoms with E-state index in [0.29, 0.717) is 28.5 Å². The van der Waals surface area contributed by atoms with Gasteiger partial charge in [-0.25, -0.2) is 0 Å². The predicted octanol–water partition coefficient (Wildman–Crippen LogP) is 5.72. The Labute approximate surface area is 207 Å². The second-order valence-electron chi connectivity index (χ2n) is 7.88. The number of Topliss-reactive ketones (excluding diaryl/α,β-unsaturated/α-hetero) is 1. The van der Waals surface area contributed by atoms with Crippen LogP contribution in [0.25, 0.3) is 5.76 Å². The Morgan fingerprint density at radius 2 is 1.91 bits per heavy atom. The van der Waals surface area contributed by atoms with Gasteiger partial charge in [-0.2, -0.15) is 0 Å². The summed E-state index contributed by atoms with van der Waals surface area (Å²) in [5.74, 6) is -1.08. The van der Waals surface area contributed by atoms with Gasteiger partial charge >= 0.3 is 0 Å². The van der Waals surface area contributed by atoms with Crippen LogP contribution in [0.5, 0.6) is 5.75 Å². The van der Waals surface area contributed by atoms with Crippen LogP contribution >= 0.6 is 23.2 Å². The van der Waals surface area contributed by atoms with Crippen molar-refractivity contribution in [1.29, 1.82) is 0 Å². The number of carbonyl (C=O) groups is 2. The first-order valence-electron chi connectivity index (χ1n) is 10.7. The molecular weight excluding hydrogens is 475 g/mol. The lowest BCUT2D eigenvalue weighted by Crippen LogP contribution is -2.29. The van der Waals surface area contributed by atoms with Crippen LogP contribution in [0.15, 0.2) is 66.5 Å². The molecule has 0 spiro atoms. The van der Waals surface area contributed by atoms with Crippen LogP contribution in [-0.4, -0.2) is 33.3 Å². The van der Waals surface area contributed by atoms with E-state index in [1.54, 1.807) is 54.9 Å². The first-order chi connectivity index (χ1) is 16.3. The lowest BCUT2D eigenvalue weighted by atomic mass is 9.94. The highest BCUT2D eigenvalue weighted by Gasteiger charge is 2.46. The van der Waals surface area contributed by atoms with Gasteiger partial charge in [-0.1, -0.05) is 35.3 Å². The molecule has 1 aliphatic rings. The van der Waals surface area contributed by atoms with Crippen molar-refractivity contribution >= 4 is 40.7 Å². The maximum Gasteiger partial charge on any atom is 0.295 e. The van der Waals surface area contributed by atoms with Crippen molar-refractivity contribution < 1.29 is 19.4 Å². The highest BCUT2D eigenvalue weighted by atomic mass is 35.5. The minimum atomic E-state index is -0.859. The quantitative estimate of drug-likeness (QED) is 0.268. The maximum absolute atomic E-state index is 13.2. The van der Waals surface area contributed by atoms with E-state index in [1.165, 1.54) is 4.90 Å². The first-order valence-corrected chi connectivity index (χ1v) is 11.4. The number of aromatic nitrogens is 1. The average molecular weight is 497 g/mol. The highest BCUT2D eigenvalue weighted by molar-refractivity contribution is 6.46.